The number of carbonyl (C=O) groups excluding carboxylic acids is 4. The predicted octanol–water partition coefficient (Wildman–Crippen LogP) is 5.77. The summed E-state index contributed by atoms with van der Waals surface area (Å²) in [6, 6.07) is 8.89. The van der Waals surface area contributed by atoms with Gasteiger partial charge in [0.25, 0.3) is 0 Å². The summed E-state index contributed by atoms with van der Waals surface area (Å²) in [6.07, 6.45) is 6.50. The van der Waals surface area contributed by atoms with Crippen LogP contribution in [0.3, 0.4) is 0 Å². The van der Waals surface area contributed by atoms with Gasteiger partial charge in [-0.2, -0.15) is 8.42 Å². The average Bonchev–Trinajstić information content (AvgIpc) is 3.69. The van der Waals surface area contributed by atoms with E-state index in [0.717, 1.165) is 30.4 Å². The van der Waals surface area contributed by atoms with Gasteiger partial charge in [0.2, 0.25) is 5.78 Å². The van der Waals surface area contributed by atoms with Crippen LogP contribution in [0.2, 0.25) is 0 Å². The number of phenols is 1. The van der Waals surface area contributed by atoms with Gasteiger partial charge in [-0.05, 0) is 96.8 Å². The number of esters is 1. The van der Waals surface area contributed by atoms with Crippen LogP contribution >= 0.6 is 0 Å². The Hall–Kier alpha value is -5.11. The highest BCUT2D eigenvalue weighted by Gasteiger charge is 2.77. The zero-order valence-corrected chi connectivity index (χ0v) is 29.5. The predicted molar refractivity (Wildman–Crippen MR) is 185 cm³/mol. The summed E-state index contributed by atoms with van der Waals surface area (Å²) < 4.78 is 56.2. The molecule has 2 N–H and O–H groups in total. The second-order valence-corrected chi connectivity index (χ2v) is 16.7. The van der Waals surface area contributed by atoms with Crippen LogP contribution in [0.15, 0.2) is 58.7 Å². The molecule has 2 aliphatic heterocycles. The molecule has 1 saturated heterocycles. The minimum absolute atomic E-state index is 0.0649. The summed E-state index contributed by atoms with van der Waals surface area (Å²) >= 11 is 0. The molecule has 10 rings (SSSR count). The fourth-order valence-electron chi connectivity index (χ4n) is 10.9. The fourth-order valence-corrected chi connectivity index (χ4v) is 11.3. The van der Waals surface area contributed by atoms with E-state index in [4.69, 9.17) is 18.1 Å². The molecule has 0 radical (unpaired) electrons. The lowest BCUT2D eigenvalue weighted by Crippen LogP contribution is -2.69. The van der Waals surface area contributed by atoms with Gasteiger partial charge in [-0.25, -0.2) is 4.79 Å². The molecule has 0 unspecified atom stereocenters. The number of phenolic OH excluding ortho intramolecular Hbond substituents is 1. The van der Waals surface area contributed by atoms with E-state index in [0.29, 0.717) is 35.1 Å². The van der Waals surface area contributed by atoms with E-state index in [1.54, 1.807) is 24.5 Å². The quantitative estimate of drug-likeness (QED) is 0.192. The first kappa shape index (κ1) is 32.5. The SMILES string of the molecule is C[C@@]12CCCc3coc(c31)C(=O)c1cc3c(cc12)C(=O)C=C([C@]12CCC[C@@]4(C)c5cc6c(OS(=O)(=O)O)ccc(O)c6cc5CO[C@]14C(=O)OC2)C3=O. The van der Waals surface area contributed by atoms with Crippen molar-refractivity contribution >= 4 is 44.5 Å². The van der Waals surface area contributed by atoms with Crippen molar-refractivity contribution in [2.45, 2.75) is 75.4 Å². The lowest BCUT2D eigenvalue weighted by Gasteiger charge is -2.58. The lowest BCUT2D eigenvalue weighted by molar-refractivity contribution is -0.196. The summed E-state index contributed by atoms with van der Waals surface area (Å²) in [5, 5.41) is 11.1. The Morgan fingerprint density at radius 1 is 0.849 bits per heavy atom. The zero-order valence-electron chi connectivity index (χ0n) is 28.7. The normalized spacial score (nSPS) is 29.7. The maximum Gasteiger partial charge on any atom is 0.446 e. The summed E-state index contributed by atoms with van der Waals surface area (Å²) in [4.78, 5) is 57.4. The molecule has 0 bridgehead atoms. The molecule has 4 aromatic rings. The molecular formula is C40H32O12S. The van der Waals surface area contributed by atoms with E-state index < -0.39 is 49.8 Å². The van der Waals surface area contributed by atoms with Crippen molar-refractivity contribution in [3.05, 3.63) is 105 Å². The van der Waals surface area contributed by atoms with Crippen LogP contribution in [0.1, 0.15) is 111 Å². The molecule has 6 aliphatic rings. The molecule has 1 saturated carbocycles. The van der Waals surface area contributed by atoms with Crippen LogP contribution in [0.5, 0.6) is 11.5 Å². The standard InChI is InChI=1S/C40H32O12S/c1-37-8-3-5-19-16-49-35(32(19)37)34(44)25-12-24-22(13-27(25)37)30(42)15-28(33(24)43)39-10-4-9-38(2)26-14-23-21(29(41)6-7-31(23)52-53(46,47)48)11-20(26)17-51-40(38,39)36(45)50-18-39/h6-7,11-16,41H,3-5,8-10,17-18H2,1-2H3,(H,46,47,48)/t37-,38-,39+,40-/m0/s1. The fraction of sp³-hybridized carbons (Fsp3) is 0.350. The van der Waals surface area contributed by atoms with Gasteiger partial charge < -0.3 is 23.2 Å². The van der Waals surface area contributed by atoms with Gasteiger partial charge in [-0.3, -0.25) is 18.9 Å². The van der Waals surface area contributed by atoms with Crippen molar-refractivity contribution in [2.75, 3.05) is 6.61 Å². The second-order valence-electron chi connectivity index (χ2n) is 15.6. The monoisotopic (exact) mass is 736 g/mol. The summed E-state index contributed by atoms with van der Waals surface area (Å²) in [5.74, 6) is -2.13. The van der Waals surface area contributed by atoms with Crippen LogP contribution in [-0.4, -0.2) is 53.6 Å². The number of ketones is 3. The third-order valence-electron chi connectivity index (χ3n) is 13.2. The number of furan rings is 1. The number of carbonyl (C=O) groups is 4. The van der Waals surface area contributed by atoms with Gasteiger partial charge in [0.05, 0.1) is 18.3 Å². The van der Waals surface area contributed by atoms with Gasteiger partial charge >= 0.3 is 16.4 Å². The summed E-state index contributed by atoms with van der Waals surface area (Å²) in [5.41, 5.74) is -0.644. The number of hydrogen-bond donors (Lipinski definition) is 2. The van der Waals surface area contributed by atoms with E-state index in [1.165, 1.54) is 24.3 Å². The number of benzene rings is 3. The second kappa shape index (κ2) is 10.1. The van der Waals surface area contributed by atoms with E-state index in [2.05, 4.69) is 0 Å². The number of aromatic hydroxyl groups is 1. The highest BCUT2D eigenvalue weighted by atomic mass is 32.3. The van der Waals surface area contributed by atoms with Crippen molar-refractivity contribution in [1.82, 2.24) is 0 Å². The Labute approximate surface area is 302 Å². The largest absolute Gasteiger partial charge is 0.507 e. The number of fused-ring (bicyclic) bond motifs is 6. The number of rotatable bonds is 3. The third-order valence-corrected chi connectivity index (χ3v) is 13.6. The lowest BCUT2D eigenvalue weighted by atomic mass is 9.47. The first-order chi connectivity index (χ1) is 25.1. The molecular weight excluding hydrogens is 704 g/mol. The third kappa shape index (κ3) is 3.84. The Morgan fingerprint density at radius 2 is 1.66 bits per heavy atom. The van der Waals surface area contributed by atoms with E-state index in [-0.39, 0.29) is 70.1 Å². The Bertz CT molecular complexity index is 2610. The maximum absolute atomic E-state index is 14.9. The number of cyclic esters (lactones) is 1. The van der Waals surface area contributed by atoms with Crippen molar-refractivity contribution in [1.29, 1.82) is 0 Å². The average molecular weight is 737 g/mol. The molecule has 13 heteroatoms. The van der Waals surface area contributed by atoms with Gasteiger partial charge in [0.1, 0.15) is 12.4 Å². The molecule has 270 valence electrons. The molecule has 1 aromatic heterocycles. The maximum atomic E-state index is 14.9. The van der Waals surface area contributed by atoms with Crippen LogP contribution in [0.25, 0.3) is 10.8 Å². The molecule has 12 nitrogen and oxygen atoms in total. The summed E-state index contributed by atoms with van der Waals surface area (Å²) in [6.45, 7) is 3.50. The van der Waals surface area contributed by atoms with Crippen LogP contribution in [0.4, 0.5) is 0 Å². The number of allylic oxidation sites excluding steroid dienone is 1. The topological polar surface area (TPSA) is 184 Å². The Morgan fingerprint density at radius 3 is 2.45 bits per heavy atom. The van der Waals surface area contributed by atoms with Crippen LogP contribution in [-0.2, 0) is 48.5 Å². The zero-order chi connectivity index (χ0) is 37.0. The highest BCUT2D eigenvalue weighted by molar-refractivity contribution is 7.81. The van der Waals surface area contributed by atoms with Crippen molar-refractivity contribution < 1.29 is 55.3 Å². The molecule has 0 amide bonds. The first-order valence-electron chi connectivity index (χ1n) is 17.6. The smallest absolute Gasteiger partial charge is 0.446 e. The number of Topliss-reactive ketones (excluding diaryl/α,β-unsaturated/α-hetero) is 1. The van der Waals surface area contributed by atoms with Crippen molar-refractivity contribution in [3.8, 4) is 11.5 Å². The molecule has 53 heavy (non-hydrogen) atoms. The highest BCUT2D eigenvalue weighted by Crippen LogP contribution is 2.66. The van der Waals surface area contributed by atoms with E-state index in [9.17, 15) is 37.3 Å². The molecule has 4 atom stereocenters. The molecule has 3 heterocycles. The molecule has 3 aromatic carbocycles. The first-order valence-corrected chi connectivity index (χ1v) is 18.9. The van der Waals surface area contributed by atoms with Gasteiger partial charge in [-0.15, -0.1) is 0 Å². The van der Waals surface area contributed by atoms with E-state index >= 15 is 0 Å². The number of aryl methyl sites for hydroxylation is 1. The minimum Gasteiger partial charge on any atom is -0.507 e. The van der Waals surface area contributed by atoms with Crippen molar-refractivity contribution in [3.63, 3.8) is 0 Å². The summed E-state index contributed by atoms with van der Waals surface area (Å²) in [7, 11) is -4.94. The van der Waals surface area contributed by atoms with Gasteiger partial charge in [0.15, 0.2) is 28.7 Å². The minimum atomic E-state index is -4.94. The molecule has 2 fully saturated rings. The van der Waals surface area contributed by atoms with Crippen molar-refractivity contribution in [2.24, 2.45) is 5.41 Å². The van der Waals surface area contributed by atoms with Gasteiger partial charge in [0, 0.05) is 49.4 Å². The Kier molecular flexibility index (Phi) is 6.20. The molecule has 1 spiro atoms. The number of ether oxygens (including phenoxy) is 2. The van der Waals surface area contributed by atoms with Crippen LogP contribution in [0, 0.1) is 5.41 Å². The van der Waals surface area contributed by atoms with E-state index in [1.807, 2.05) is 13.8 Å². The van der Waals surface area contributed by atoms with Crippen LogP contribution < -0.4 is 4.18 Å². The Balaban J connectivity index is 1.13. The van der Waals surface area contributed by atoms with Gasteiger partial charge in [-0.1, -0.05) is 20.3 Å². The molecule has 4 aliphatic carbocycles. The number of hydrogen-bond acceptors (Lipinski definition) is 11.